The van der Waals surface area contributed by atoms with Crippen LogP contribution in [-0.2, 0) is 6.54 Å². The quantitative estimate of drug-likeness (QED) is 0.880. The lowest BCUT2D eigenvalue weighted by molar-refractivity contribution is 0.0938. The zero-order valence-electron chi connectivity index (χ0n) is 13.1. The molecule has 1 atom stereocenters. The number of nitrogens with zero attached hydrogens (tertiary/aromatic N) is 1. The highest BCUT2D eigenvalue weighted by molar-refractivity contribution is 5.97. The monoisotopic (exact) mass is 303 g/mol. The molecule has 0 saturated carbocycles. The summed E-state index contributed by atoms with van der Waals surface area (Å²) >= 11 is 0. The van der Waals surface area contributed by atoms with Gasteiger partial charge < -0.3 is 10.3 Å². The molecular formula is C16H21N3O3. The fraction of sp³-hybridized carbons (Fsp3) is 0.438. The molecule has 2 aromatic rings. The Morgan fingerprint density at radius 3 is 2.68 bits per heavy atom. The van der Waals surface area contributed by atoms with Crippen molar-refractivity contribution in [1.82, 2.24) is 14.9 Å². The van der Waals surface area contributed by atoms with Gasteiger partial charge in [0.2, 0.25) is 0 Å². The van der Waals surface area contributed by atoms with Gasteiger partial charge in [0.25, 0.3) is 11.5 Å². The number of carbonyl (C=O) groups excluding carboxylic acids is 1. The lowest BCUT2D eigenvalue weighted by atomic mass is 10.1. The number of benzene rings is 1. The molecule has 6 heteroatoms. The summed E-state index contributed by atoms with van der Waals surface area (Å²) in [4.78, 5) is 38.8. The Labute approximate surface area is 128 Å². The maximum Gasteiger partial charge on any atom is 0.328 e. The zero-order valence-corrected chi connectivity index (χ0v) is 13.1. The van der Waals surface area contributed by atoms with Gasteiger partial charge in [0, 0.05) is 18.2 Å². The molecule has 1 unspecified atom stereocenters. The van der Waals surface area contributed by atoms with Gasteiger partial charge >= 0.3 is 5.69 Å². The number of fused-ring (bicyclic) bond motifs is 1. The van der Waals surface area contributed by atoms with E-state index in [9.17, 15) is 14.4 Å². The summed E-state index contributed by atoms with van der Waals surface area (Å²) in [6.07, 6.45) is 1.89. The van der Waals surface area contributed by atoms with E-state index in [0.717, 1.165) is 17.4 Å². The minimum absolute atomic E-state index is 0.0836. The average Bonchev–Trinajstić information content (AvgIpc) is 2.47. The largest absolute Gasteiger partial charge is 0.350 e. The summed E-state index contributed by atoms with van der Waals surface area (Å²) in [5.74, 6) is -0.205. The van der Waals surface area contributed by atoms with Crippen LogP contribution in [-0.4, -0.2) is 21.5 Å². The highest BCUT2D eigenvalue weighted by atomic mass is 16.2. The van der Waals surface area contributed by atoms with Crippen LogP contribution in [0.2, 0.25) is 0 Å². The number of aromatic nitrogens is 2. The second-order valence-electron chi connectivity index (χ2n) is 5.40. The van der Waals surface area contributed by atoms with E-state index < -0.39 is 5.69 Å². The van der Waals surface area contributed by atoms with Crippen LogP contribution < -0.4 is 16.6 Å². The van der Waals surface area contributed by atoms with E-state index in [-0.39, 0.29) is 17.5 Å². The smallest absolute Gasteiger partial charge is 0.328 e. The number of hydrogen-bond acceptors (Lipinski definition) is 3. The van der Waals surface area contributed by atoms with Crippen LogP contribution in [0.4, 0.5) is 0 Å². The molecule has 22 heavy (non-hydrogen) atoms. The summed E-state index contributed by atoms with van der Waals surface area (Å²) in [6, 6.07) is 4.82. The lowest BCUT2D eigenvalue weighted by Gasteiger charge is -2.13. The standard InChI is InChI=1S/C16H21N3O3/c1-4-6-10(3)17-14(20)11-7-8-12-13(9-11)18-16(22)19(5-2)15(12)21/h7-10H,4-6H2,1-3H3,(H,17,20)(H,18,22). The van der Waals surface area contributed by atoms with Crippen molar-refractivity contribution in [2.45, 2.75) is 46.2 Å². The third-order valence-corrected chi connectivity index (χ3v) is 3.66. The van der Waals surface area contributed by atoms with Crippen LogP contribution in [0.25, 0.3) is 10.9 Å². The van der Waals surface area contributed by atoms with Gasteiger partial charge in [-0.15, -0.1) is 0 Å². The van der Waals surface area contributed by atoms with Crippen molar-refractivity contribution >= 4 is 16.8 Å². The Kier molecular flexibility index (Phi) is 4.80. The fourth-order valence-electron chi connectivity index (χ4n) is 2.50. The van der Waals surface area contributed by atoms with Crippen LogP contribution in [0.1, 0.15) is 44.0 Å². The number of amides is 1. The summed E-state index contributed by atoms with van der Waals surface area (Å²) < 4.78 is 1.13. The Morgan fingerprint density at radius 2 is 2.05 bits per heavy atom. The maximum atomic E-state index is 12.2. The number of aromatic amines is 1. The Bertz CT molecular complexity index is 804. The van der Waals surface area contributed by atoms with Gasteiger partial charge in [0.05, 0.1) is 10.9 Å². The van der Waals surface area contributed by atoms with Crippen molar-refractivity contribution in [2.75, 3.05) is 0 Å². The van der Waals surface area contributed by atoms with Gasteiger partial charge in [0.1, 0.15) is 0 Å². The average molecular weight is 303 g/mol. The molecule has 0 saturated heterocycles. The van der Waals surface area contributed by atoms with Crippen LogP contribution in [0.3, 0.4) is 0 Å². The molecule has 1 amide bonds. The molecule has 1 heterocycles. The van der Waals surface area contributed by atoms with Crippen molar-refractivity contribution < 1.29 is 4.79 Å². The van der Waals surface area contributed by atoms with E-state index in [1.54, 1.807) is 25.1 Å². The molecule has 118 valence electrons. The van der Waals surface area contributed by atoms with E-state index in [4.69, 9.17) is 0 Å². The Balaban J connectivity index is 2.41. The molecule has 0 spiro atoms. The molecule has 0 aliphatic carbocycles. The number of carbonyl (C=O) groups is 1. The van der Waals surface area contributed by atoms with Gasteiger partial charge in [-0.2, -0.15) is 0 Å². The summed E-state index contributed by atoms with van der Waals surface area (Å²) in [5.41, 5.74) is 0.0136. The molecule has 0 aliphatic rings. The van der Waals surface area contributed by atoms with Crippen molar-refractivity contribution in [2.24, 2.45) is 0 Å². The molecule has 0 radical (unpaired) electrons. The Hall–Kier alpha value is -2.37. The number of H-pyrrole nitrogens is 1. The van der Waals surface area contributed by atoms with E-state index >= 15 is 0 Å². The molecule has 0 aliphatic heterocycles. The van der Waals surface area contributed by atoms with E-state index in [2.05, 4.69) is 17.2 Å². The predicted molar refractivity (Wildman–Crippen MR) is 86.3 cm³/mol. The van der Waals surface area contributed by atoms with E-state index in [1.165, 1.54) is 0 Å². The van der Waals surface area contributed by atoms with Crippen LogP contribution >= 0.6 is 0 Å². The third kappa shape index (κ3) is 3.10. The highest BCUT2D eigenvalue weighted by Crippen LogP contribution is 2.10. The predicted octanol–water partition coefficient (Wildman–Crippen LogP) is 1.63. The first kappa shape index (κ1) is 16.0. The second-order valence-corrected chi connectivity index (χ2v) is 5.40. The minimum Gasteiger partial charge on any atom is -0.350 e. The van der Waals surface area contributed by atoms with Crippen molar-refractivity contribution in [3.63, 3.8) is 0 Å². The Morgan fingerprint density at radius 1 is 1.32 bits per heavy atom. The van der Waals surface area contributed by atoms with Crippen molar-refractivity contribution in [3.05, 3.63) is 44.6 Å². The van der Waals surface area contributed by atoms with Gasteiger partial charge in [-0.3, -0.25) is 14.2 Å². The molecule has 6 nitrogen and oxygen atoms in total. The number of rotatable bonds is 5. The van der Waals surface area contributed by atoms with Gasteiger partial charge in [0.15, 0.2) is 0 Å². The van der Waals surface area contributed by atoms with E-state index in [0.29, 0.717) is 23.0 Å². The first-order valence-corrected chi connectivity index (χ1v) is 7.55. The SMILES string of the molecule is CCCC(C)NC(=O)c1ccc2c(=O)n(CC)c(=O)[nH]c2c1. The third-order valence-electron chi connectivity index (χ3n) is 3.66. The lowest BCUT2D eigenvalue weighted by Crippen LogP contribution is -2.35. The molecule has 0 bridgehead atoms. The normalized spacial score (nSPS) is 12.3. The maximum absolute atomic E-state index is 12.2. The van der Waals surface area contributed by atoms with Gasteiger partial charge in [-0.05, 0) is 38.5 Å². The first-order valence-electron chi connectivity index (χ1n) is 7.55. The molecule has 2 rings (SSSR count). The van der Waals surface area contributed by atoms with Gasteiger partial charge in [-0.1, -0.05) is 13.3 Å². The number of hydrogen-bond donors (Lipinski definition) is 2. The summed E-state index contributed by atoms with van der Waals surface area (Å²) in [5, 5.41) is 3.30. The first-order chi connectivity index (χ1) is 10.5. The fourth-order valence-corrected chi connectivity index (χ4v) is 2.50. The van der Waals surface area contributed by atoms with E-state index in [1.807, 2.05) is 6.92 Å². The highest BCUT2D eigenvalue weighted by Gasteiger charge is 2.12. The van der Waals surface area contributed by atoms with Crippen LogP contribution in [0.15, 0.2) is 27.8 Å². The van der Waals surface area contributed by atoms with Crippen LogP contribution in [0.5, 0.6) is 0 Å². The molecule has 2 N–H and O–H groups in total. The van der Waals surface area contributed by atoms with Crippen molar-refractivity contribution in [1.29, 1.82) is 0 Å². The second kappa shape index (κ2) is 6.60. The number of nitrogens with one attached hydrogen (secondary N) is 2. The zero-order chi connectivity index (χ0) is 16.3. The molecule has 1 aromatic heterocycles. The van der Waals surface area contributed by atoms with Gasteiger partial charge in [-0.25, -0.2) is 4.79 Å². The van der Waals surface area contributed by atoms with Crippen molar-refractivity contribution in [3.8, 4) is 0 Å². The summed E-state index contributed by atoms with van der Waals surface area (Å²) in [6.45, 7) is 6.05. The minimum atomic E-state index is -0.461. The summed E-state index contributed by atoms with van der Waals surface area (Å²) in [7, 11) is 0. The molecule has 0 fully saturated rings. The topological polar surface area (TPSA) is 84.0 Å². The van der Waals surface area contributed by atoms with Crippen LogP contribution in [0, 0.1) is 0 Å². The molecule has 1 aromatic carbocycles. The molecular weight excluding hydrogens is 282 g/mol.